The lowest BCUT2D eigenvalue weighted by Gasteiger charge is -2.24. The fourth-order valence-electron chi connectivity index (χ4n) is 3.62. The molecule has 2 aromatic rings. The number of ether oxygens (including phenoxy) is 1. The van der Waals surface area contributed by atoms with Crippen LogP contribution in [0, 0.1) is 11.7 Å². The zero-order valence-corrected chi connectivity index (χ0v) is 20.6. The average molecular weight is 504 g/mol. The monoisotopic (exact) mass is 503 g/mol. The second-order valence-electron chi connectivity index (χ2n) is 9.30. The number of anilines is 1. The molecule has 186 valence electrons. The first-order valence-electron chi connectivity index (χ1n) is 10.9. The maximum Gasteiger partial charge on any atom is 0.410 e. The van der Waals surface area contributed by atoms with Crippen LogP contribution in [0.4, 0.5) is 14.9 Å². The SMILES string of the molecule is CN(Cc1ccc2c(c1)/C(=N/C(=O)C(=O)Nc1ccc(Cl)c(F)c1)[C@@H](CO)C2)C(=O)OC(C)(C)C. The van der Waals surface area contributed by atoms with Crippen molar-refractivity contribution in [1.82, 2.24) is 4.90 Å². The molecule has 3 amide bonds. The lowest BCUT2D eigenvalue weighted by Crippen LogP contribution is -2.33. The molecule has 0 saturated carbocycles. The first-order valence-corrected chi connectivity index (χ1v) is 11.3. The highest BCUT2D eigenvalue weighted by atomic mass is 35.5. The lowest BCUT2D eigenvalue weighted by atomic mass is 10.0. The Hall–Kier alpha value is -3.30. The predicted molar refractivity (Wildman–Crippen MR) is 130 cm³/mol. The van der Waals surface area contributed by atoms with Gasteiger partial charge in [0.05, 0.1) is 17.3 Å². The number of nitrogens with zero attached hydrogens (tertiary/aromatic N) is 2. The van der Waals surface area contributed by atoms with Crippen LogP contribution >= 0.6 is 11.6 Å². The van der Waals surface area contributed by atoms with Crippen LogP contribution in [-0.2, 0) is 27.3 Å². The average Bonchev–Trinajstić information content (AvgIpc) is 3.11. The zero-order valence-electron chi connectivity index (χ0n) is 19.9. The van der Waals surface area contributed by atoms with Crippen molar-refractivity contribution in [2.24, 2.45) is 10.9 Å². The van der Waals surface area contributed by atoms with Crippen LogP contribution in [0.25, 0.3) is 0 Å². The van der Waals surface area contributed by atoms with Crippen LogP contribution in [0.15, 0.2) is 41.4 Å². The summed E-state index contributed by atoms with van der Waals surface area (Å²) >= 11 is 5.63. The fourth-order valence-corrected chi connectivity index (χ4v) is 3.74. The molecule has 0 unspecified atom stereocenters. The third-order valence-electron chi connectivity index (χ3n) is 5.24. The summed E-state index contributed by atoms with van der Waals surface area (Å²) < 4.78 is 19.0. The molecule has 0 aromatic heterocycles. The summed E-state index contributed by atoms with van der Waals surface area (Å²) in [6, 6.07) is 9.09. The van der Waals surface area contributed by atoms with Crippen molar-refractivity contribution in [3.63, 3.8) is 0 Å². The van der Waals surface area contributed by atoms with E-state index in [9.17, 15) is 23.9 Å². The summed E-state index contributed by atoms with van der Waals surface area (Å²) in [6.45, 7) is 5.32. The van der Waals surface area contributed by atoms with Crippen molar-refractivity contribution in [3.8, 4) is 0 Å². The van der Waals surface area contributed by atoms with Gasteiger partial charge in [-0.3, -0.25) is 9.59 Å². The highest BCUT2D eigenvalue weighted by Crippen LogP contribution is 2.29. The van der Waals surface area contributed by atoms with E-state index in [1.807, 2.05) is 12.1 Å². The number of aliphatic hydroxyl groups is 1. The number of amides is 3. The lowest BCUT2D eigenvalue weighted by molar-refractivity contribution is -0.134. The molecule has 10 heteroatoms. The van der Waals surface area contributed by atoms with Gasteiger partial charge in [-0.2, -0.15) is 0 Å². The van der Waals surface area contributed by atoms with Crippen LogP contribution < -0.4 is 5.32 Å². The van der Waals surface area contributed by atoms with Gasteiger partial charge in [-0.15, -0.1) is 0 Å². The van der Waals surface area contributed by atoms with E-state index in [0.29, 0.717) is 12.0 Å². The molecule has 1 aliphatic carbocycles. The number of aliphatic hydroxyl groups excluding tert-OH is 1. The summed E-state index contributed by atoms with van der Waals surface area (Å²) in [7, 11) is 1.61. The first kappa shape index (κ1) is 26.3. The molecular formula is C25H27ClFN3O5. The molecule has 0 spiro atoms. The molecule has 2 N–H and O–H groups in total. The van der Waals surface area contributed by atoms with Gasteiger partial charge < -0.3 is 20.1 Å². The topological polar surface area (TPSA) is 108 Å². The van der Waals surface area contributed by atoms with E-state index in [1.165, 1.54) is 17.0 Å². The molecule has 2 aromatic carbocycles. The van der Waals surface area contributed by atoms with Gasteiger partial charge in [0.1, 0.15) is 11.4 Å². The number of fused-ring (bicyclic) bond motifs is 1. The fraction of sp³-hybridized carbons (Fsp3) is 0.360. The van der Waals surface area contributed by atoms with E-state index in [-0.39, 0.29) is 29.6 Å². The summed E-state index contributed by atoms with van der Waals surface area (Å²) in [6.07, 6.45) is -0.0324. The highest BCUT2D eigenvalue weighted by molar-refractivity contribution is 6.42. The third-order valence-corrected chi connectivity index (χ3v) is 5.55. The number of aliphatic imine (C=N–C) groups is 1. The number of hydrogen-bond donors (Lipinski definition) is 2. The summed E-state index contributed by atoms with van der Waals surface area (Å²) in [5.41, 5.74) is 1.96. The Bertz CT molecular complexity index is 1190. The molecule has 35 heavy (non-hydrogen) atoms. The van der Waals surface area contributed by atoms with Crippen LogP contribution in [0.2, 0.25) is 5.02 Å². The molecule has 0 bridgehead atoms. The second-order valence-corrected chi connectivity index (χ2v) is 9.70. The number of nitrogens with one attached hydrogen (secondary N) is 1. The molecule has 3 rings (SSSR count). The van der Waals surface area contributed by atoms with Crippen molar-refractivity contribution in [2.45, 2.75) is 39.3 Å². The summed E-state index contributed by atoms with van der Waals surface area (Å²) in [4.78, 5) is 42.6. The van der Waals surface area contributed by atoms with Crippen LogP contribution in [0.5, 0.6) is 0 Å². The van der Waals surface area contributed by atoms with Gasteiger partial charge in [0, 0.05) is 30.8 Å². The summed E-state index contributed by atoms with van der Waals surface area (Å²) in [5.74, 6) is -3.34. The normalized spacial score (nSPS) is 16.1. The molecule has 8 nitrogen and oxygen atoms in total. The Morgan fingerprint density at radius 1 is 1.23 bits per heavy atom. The van der Waals surface area contributed by atoms with Crippen LogP contribution in [0.1, 0.15) is 37.5 Å². The maximum absolute atomic E-state index is 13.6. The molecule has 0 heterocycles. The van der Waals surface area contributed by atoms with Gasteiger partial charge in [0.15, 0.2) is 0 Å². The molecule has 0 aliphatic heterocycles. The molecular weight excluding hydrogens is 477 g/mol. The summed E-state index contributed by atoms with van der Waals surface area (Å²) in [5, 5.41) is 12.0. The number of carbonyl (C=O) groups is 3. The Kier molecular flexibility index (Phi) is 7.92. The molecule has 0 saturated heterocycles. The van der Waals surface area contributed by atoms with Crippen molar-refractivity contribution in [3.05, 3.63) is 63.9 Å². The first-order chi connectivity index (χ1) is 16.4. The largest absolute Gasteiger partial charge is 0.444 e. The van der Waals surface area contributed by atoms with Gasteiger partial charge in [-0.05, 0) is 62.6 Å². The van der Waals surface area contributed by atoms with Crippen LogP contribution in [-0.4, -0.2) is 52.9 Å². The van der Waals surface area contributed by atoms with Gasteiger partial charge in [0.2, 0.25) is 0 Å². The van der Waals surface area contributed by atoms with E-state index in [1.54, 1.807) is 33.9 Å². The van der Waals surface area contributed by atoms with E-state index in [4.69, 9.17) is 16.3 Å². The van der Waals surface area contributed by atoms with Crippen molar-refractivity contribution >= 4 is 40.9 Å². The van der Waals surface area contributed by atoms with E-state index >= 15 is 0 Å². The molecule has 1 aliphatic rings. The van der Waals surface area contributed by atoms with Crippen molar-refractivity contribution < 1.29 is 28.6 Å². The van der Waals surface area contributed by atoms with E-state index in [2.05, 4.69) is 10.3 Å². The third kappa shape index (κ3) is 6.64. The number of benzene rings is 2. The Morgan fingerprint density at radius 3 is 2.57 bits per heavy atom. The van der Waals surface area contributed by atoms with E-state index in [0.717, 1.165) is 17.2 Å². The number of hydrogen-bond acceptors (Lipinski definition) is 5. The highest BCUT2D eigenvalue weighted by Gasteiger charge is 2.30. The van der Waals surface area contributed by atoms with Crippen molar-refractivity contribution in [2.75, 3.05) is 19.0 Å². The Labute approximate surface area is 207 Å². The maximum atomic E-state index is 13.6. The smallest absolute Gasteiger partial charge is 0.410 e. The standard InChI is InChI=1S/C25H27ClFN3O5/c1-25(2,3)35-24(34)30(4)12-14-5-6-15-10-16(13-31)21(18(15)9-14)29-23(33)22(32)28-17-7-8-19(26)20(27)11-17/h5-9,11,16,31H,10,12-13H2,1-4H3,(H,28,32)/b29-21+/t16-/m1/s1. The van der Waals surface area contributed by atoms with Gasteiger partial charge in [-0.1, -0.05) is 23.7 Å². The number of rotatable bonds is 4. The Morgan fingerprint density at radius 2 is 1.94 bits per heavy atom. The minimum absolute atomic E-state index is 0.0587. The van der Waals surface area contributed by atoms with E-state index < -0.39 is 35.2 Å². The number of halogens is 2. The minimum Gasteiger partial charge on any atom is -0.444 e. The second kappa shape index (κ2) is 10.5. The van der Waals surface area contributed by atoms with Crippen molar-refractivity contribution in [1.29, 1.82) is 0 Å². The molecule has 0 fully saturated rings. The van der Waals surface area contributed by atoms with Crippen LogP contribution in [0.3, 0.4) is 0 Å². The van der Waals surface area contributed by atoms with Gasteiger partial charge >= 0.3 is 17.9 Å². The predicted octanol–water partition coefficient (Wildman–Crippen LogP) is 3.97. The number of carbonyl (C=O) groups excluding carboxylic acids is 3. The minimum atomic E-state index is -1.09. The zero-order chi connectivity index (χ0) is 25.9. The molecule has 1 atom stereocenters. The van der Waals surface area contributed by atoms with Gasteiger partial charge in [0.25, 0.3) is 0 Å². The Balaban J connectivity index is 1.80. The van der Waals surface area contributed by atoms with Gasteiger partial charge in [-0.25, -0.2) is 14.2 Å². The quantitative estimate of drug-likeness (QED) is 0.614. The molecule has 0 radical (unpaired) electrons.